The second-order valence-corrected chi connectivity index (χ2v) is 7.73. The summed E-state index contributed by atoms with van der Waals surface area (Å²) < 4.78 is 6.14. The van der Waals surface area contributed by atoms with Crippen LogP contribution in [-0.4, -0.2) is 24.0 Å². The second kappa shape index (κ2) is 8.03. The number of benzene rings is 2. The van der Waals surface area contributed by atoms with Crippen LogP contribution in [-0.2, 0) is 5.66 Å². The summed E-state index contributed by atoms with van der Waals surface area (Å²) in [5.74, 6) is 1.48. The van der Waals surface area contributed by atoms with Gasteiger partial charge in [-0.05, 0) is 43.9 Å². The molecule has 0 aromatic heterocycles. The third kappa shape index (κ3) is 3.80. The molecule has 1 unspecified atom stereocenters. The highest BCUT2D eigenvalue weighted by Crippen LogP contribution is 2.41. The average Bonchev–Trinajstić information content (AvgIpc) is 2.65. The average molecular weight is 367 g/mol. The van der Waals surface area contributed by atoms with Crippen LogP contribution in [0.2, 0.25) is 0 Å². The van der Waals surface area contributed by atoms with Crippen LogP contribution in [0.1, 0.15) is 56.5 Å². The van der Waals surface area contributed by atoms with Crippen molar-refractivity contribution in [1.29, 1.82) is 0 Å². The maximum Gasteiger partial charge on any atom is 0.258 e. The van der Waals surface area contributed by atoms with Gasteiger partial charge < -0.3 is 15.0 Å². The number of fused-ring (bicyclic) bond motifs is 1. The molecular formula is C23H30N2O2. The predicted octanol–water partition coefficient (Wildman–Crippen LogP) is 5.26. The largest absolute Gasteiger partial charge is 0.493 e. The summed E-state index contributed by atoms with van der Waals surface area (Å²) in [6.07, 6.45) is 1.89. The Hall–Kier alpha value is -2.49. The maximum atomic E-state index is 13.3. The molecule has 4 nitrogen and oxygen atoms in total. The molecule has 1 atom stereocenters. The molecule has 4 heteroatoms. The van der Waals surface area contributed by atoms with E-state index in [1.807, 2.05) is 47.4 Å². The fourth-order valence-corrected chi connectivity index (χ4v) is 3.62. The van der Waals surface area contributed by atoms with Crippen molar-refractivity contribution in [2.75, 3.05) is 18.5 Å². The van der Waals surface area contributed by atoms with Gasteiger partial charge in [0.25, 0.3) is 5.91 Å². The Morgan fingerprint density at radius 1 is 1.11 bits per heavy atom. The zero-order chi connectivity index (χ0) is 19.4. The summed E-state index contributed by atoms with van der Waals surface area (Å²) in [6.45, 7) is 9.90. The molecule has 1 aliphatic heterocycles. The van der Waals surface area contributed by atoms with Gasteiger partial charge in [-0.25, -0.2) is 0 Å². The molecule has 0 fully saturated rings. The number of nitrogens with one attached hydrogen (secondary N) is 1. The van der Waals surface area contributed by atoms with Gasteiger partial charge in [0.1, 0.15) is 11.4 Å². The minimum atomic E-state index is -0.657. The molecule has 1 N–H and O–H groups in total. The molecule has 1 amide bonds. The molecule has 1 aliphatic rings. The Labute approximate surface area is 162 Å². The van der Waals surface area contributed by atoms with Crippen molar-refractivity contribution in [3.63, 3.8) is 0 Å². The molecule has 1 heterocycles. The van der Waals surface area contributed by atoms with Crippen molar-refractivity contribution < 1.29 is 9.53 Å². The molecule has 0 bridgehead atoms. The predicted molar refractivity (Wildman–Crippen MR) is 110 cm³/mol. The molecule has 0 saturated heterocycles. The second-order valence-electron chi connectivity index (χ2n) is 7.73. The van der Waals surface area contributed by atoms with Gasteiger partial charge in [0.15, 0.2) is 0 Å². The molecular weight excluding hydrogens is 336 g/mol. The lowest BCUT2D eigenvalue weighted by Gasteiger charge is -2.47. The number of ether oxygens (including phenoxy) is 1. The third-order valence-corrected chi connectivity index (χ3v) is 5.13. The summed E-state index contributed by atoms with van der Waals surface area (Å²) in [5, 5.41) is 3.62. The number of hydrogen-bond donors (Lipinski definition) is 1. The molecule has 0 spiro atoms. The van der Waals surface area contributed by atoms with Crippen LogP contribution in [0.4, 0.5) is 5.69 Å². The van der Waals surface area contributed by atoms with Crippen LogP contribution >= 0.6 is 0 Å². The lowest BCUT2D eigenvalue weighted by molar-refractivity contribution is 0.0529. The Balaban J connectivity index is 2.02. The highest BCUT2D eigenvalue weighted by Gasteiger charge is 2.43. The van der Waals surface area contributed by atoms with E-state index in [1.54, 1.807) is 0 Å². The zero-order valence-electron chi connectivity index (χ0n) is 16.8. The van der Waals surface area contributed by atoms with Crippen molar-refractivity contribution in [2.45, 2.75) is 46.2 Å². The minimum Gasteiger partial charge on any atom is -0.493 e. The van der Waals surface area contributed by atoms with E-state index < -0.39 is 5.66 Å². The van der Waals surface area contributed by atoms with Gasteiger partial charge in [-0.2, -0.15) is 0 Å². The van der Waals surface area contributed by atoms with E-state index >= 15 is 0 Å². The van der Waals surface area contributed by atoms with Crippen LogP contribution in [0, 0.1) is 5.92 Å². The first-order valence-corrected chi connectivity index (χ1v) is 9.89. The number of carbonyl (C=O) groups is 1. The van der Waals surface area contributed by atoms with E-state index in [9.17, 15) is 4.79 Å². The number of carbonyl (C=O) groups excluding carboxylic acids is 1. The van der Waals surface area contributed by atoms with E-state index in [-0.39, 0.29) is 5.91 Å². The molecule has 0 aliphatic carbocycles. The van der Waals surface area contributed by atoms with Gasteiger partial charge in [0, 0.05) is 17.8 Å². The van der Waals surface area contributed by atoms with E-state index in [4.69, 9.17) is 4.74 Å². The van der Waals surface area contributed by atoms with Gasteiger partial charge in [-0.3, -0.25) is 4.79 Å². The first-order chi connectivity index (χ1) is 13.0. The van der Waals surface area contributed by atoms with Crippen molar-refractivity contribution in [2.24, 2.45) is 5.92 Å². The lowest BCUT2D eigenvalue weighted by atomic mass is 9.92. The monoisotopic (exact) mass is 366 g/mol. The fourth-order valence-electron chi connectivity index (χ4n) is 3.62. The van der Waals surface area contributed by atoms with Crippen LogP contribution < -0.4 is 10.1 Å². The number of amides is 1. The van der Waals surface area contributed by atoms with E-state index in [2.05, 4.69) is 39.1 Å². The minimum absolute atomic E-state index is 0.0608. The van der Waals surface area contributed by atoms with Crippen LogP contribution in [0.25, 0.3) is 0 Å². The van der Waals surface area contributed by atoms with E-state index in [1.165, 1.54) is 0 Å². The van der Waals surface area contributed by atoms with Gasteiger partial charge in [-0.1, -0.05) is 51.1 Å². The Morgan fingerprint density at radius 2 is 1.81 bits per heavy atom. The van der Waals surface area contributed by atoms with Crippen LogP contribution in [0.3, 0.4) is 0 Å². The van der Waals surface area contributed by atoms with Gasteiger partial charge in [0.2, 0.25) is 0 Å². The van der Waals surface area contributed by atoms with Crippen molar-refractivity contribution in [1.82, 2.24) is 4.90 Å². The first kappa shape index (κ1) is 19.3. The lowest BCUT2D eigenvalue weighted by Crippen LogP contribution is -2.56. The quantitative estimate of drug-likeness (QED) is 0.726. The van der Waals surface area contributed by atoms with E-state index in [0.717, 1.165) is 35.4 Å². The van der Waals surface area contributed by atoms with Crippen LogP contribution in [0.5, 0.6) is 5.75 Å². The third-order valence-electron chi connectivity index (χ3n) is 5.13. The van der Waals surface area contributed by atoms with Gasteiger partial charge in [0.05, 0.1) is 12.2 Å². The zero-order valence-corrected chi connectivity index (χ0v) is 16.8. The maximum absolute atomic E-state index is 13.3. The molecule has 2 aromatic carbocycles. The number of para-hydroxylation sites is 2. The molecule has 0 radical (unpaired) electrons. The molecule has 3 rings (SSSR count). The summed E-state index contributed by atoms with van der Waals surface area (Å²) in [6, 6.07) is 15.8. The summed E-state index contributed by atoms with van der Waals surface area (Å²) >= 11 is 0. The standard InChI is InChI=1S/C23H30N2O2/c1-5-15-25-22(26)18-10-6-8-12-20(18)24-23(25,4)19-11-7-9-13-21(19)27-16-14-17(2)3/h6-13,17,24H,5,14-16H2,1-4H3. The number of nitrogens with zero attached hydrogens (tertiary/aromatic N) is 1. The normalized spacial score (nSPS) is 19.0. The molecule has 0 saturated carbocycles. The highest BCUT2D eigenvalue weighted by atomic mass is 16.5. The van der Waals surface area contributed by atoms with E-state index in [0.29, 0.717) is 19.1 Å². The van der Waals surface area contributed by atoms with Crippen LogP contribution in [0.15, 0.2) is 48.5 Å². The number of rotatable bonds is 7. The first-order valence-electron chi connectivity index (χ1n) is 9.89. The van der Waals surface area contributed by atoms with Crippen molar-refractivity contribution >= 4 is 11.6 Å². The number of anilines is 1. The Kier molecular flexibility index (Phi) is 5.73. The van der Waals surface area contributed by atoms with Gasteiger partial charge in [-0.15, -0.1) is 0 Å². The SMILES string of the molecule is CCCN1C(=O)c2ccccc2NC1(C)c1ccccc1OCCC(C)C. The van der Waals surface area contributed by atoms with Crippen molar-refractivity contribution in [3.8, 4) is 5.75 Å². The molecule has 27 heavy (non-hydrogen) atoms. The highest BCUT2D eigenvalue weighted by molar-refractivity contribution is 6.02. The molecule has 144 valence electrons. The topological polar surface area (TPSA) is 41.6 Å². The smallest absolute Gasteiger partial charge is 0.258 e. The summed E-state index contributed by atoms with van der Waals surface area (Å²) in [4.78, 5) is 15.2. The Morgan fingerprint density at radius 3 is 2.56 bits per heavy atom. The fraction of sp³-hybridized carbons (Fsp3) is 0.435. The summed E-state index contributed by atoms with van der Waals surface area (Å²) in [7, 11) is 0. The molecule has 2 aromatic rings. The number of hydrogen-bond acceptors (Lipinski definition) is 3. The van der Waals surface area contributed by atoms with Gasteiger partial charge >= 0.3 is 0 Å². The summed E-state index contributed by atoms with van der Waals surface area (Å²) in [5.41, 5.74) is 1.93. The van der Waals surface area contributed by atoms with Crippen molar-refractivity contribution in [3.05, 3.63) is 59.7 Å². The Bertz CT molecular complexity index is 802.